The maximum absolute atomic E-state index is 12.9. The molecule has 0 spiro atoms. The number of rotatable bonds is 12. The SMILES string of the molecule is CCCCCCCCN1CCN(C(=O)NC(C(=O)NC2CN(S(=O)(=O)O)C2=O)c2cccs2)C(=O)C1=O.[NaH]. The number of carbonyl (C=O) groups is 5. The Morgan fingerprint density at radius 3 is 2.39 bits per heavy atom. The molecule has 13 nitrogen and oxygen atoms in total. The summed E-state index contributed by atoms with van der Waals surface area (Å²) in [7, 11) is -4.72. The Labute approximate surface area is 247 Å². The van der Waals surface area contributed by atoms with E-state index < -0.39 is 58.6 Å². The van der Waals surface area contributed by atoms with Gasteiger partial charge in [-0.15, -0.1) is 11.3 Å². The molecule has 0 radical (unpaired) electrons. The van der Waals surface area contributed by atoms with Gasteiger partial charge in [0.15, 0.2) is 0 Å². The molecule has 0 saturated carbocycles. The number of thiophene rings is 1. The van der Waals surface area contributed by atoms with Crippen LogP contribution in [0.1, 0.15) is 56.4 Å². The third-order valence-corrected chi connectivity index (χ3v) is 8.00. The average molecular weight is 582 g/mol. The van der Waals surface area contributed by atoms with E-state index in [2.05, 4.69) is 17.6 Å². The molecule has 16 heteroatoms. The van der Waals surface area contributed by atoms with Crippen LogP contribution in [-0.2, 0) is 29.5 Å². The molecule has 2 unspecified atom stereocenters. The molecule has 38 heavy (non-hydrogen) atoms. The molecule has 2 aliphatic heterocycles. The van der Waals surface area contributed by atoms with Gasteiger partial charge in [-0.1, -0.05) is 45.1 Å². The van der Waals surface area contributed by atoms with E-state index in [1.165, 1.54) is 4.90 Å². The Kier molecular flexibility index (Phi) is 12.2. The summed E-state index contributed by atoms with van der Waals surface area (Å²) >= 11 is 1.14. The van der Waals surface area contributed by atoms with Crippen LogP contribution in [0.15, 0.2) is 17.5 Å². The fraction of sp³-hybridized carbons (Fsp3) is 0.591. The molecule has 6 amide bonds. The molecule has 1 aromatic rings. The second kappa shape index (κ2) is 14.4. The van der Waals surface area contributed by atoms with Crippen LogP contribution in [0.5, 0.6) is 0 Å². The van der Waals surface area contributed by atoms with E-state index in [4.69, 9.17) is 4.55 Å². The summed E-state index contributed by atoms with van der Waals surface area (Å²) in [6.07, 6.45) is 6.21. The molecular weight excluding hydrogens is 549 g/mol. The Bertz CT molecular complexity index is 1130. The molecule has 206 valence electrons. The van der Waals surface area contributed by atoms with Crippen molar-refractivity contribution in [2.75, 3.05) is 26.2 Å². The molecule has 2 fully saturated rings. The van der Waals surface area contributed by atoms with Crippen molar-refractivity contribution in [2.24, 2.45) is 0 Å². The van der Waals surface area contributed by atoms with E-state index >= 15 is 0 Å². The van der Waals surface area contributed by atoms with Crippen LogP contribution in [0.3, 0.4) is 0 Å². The van der Waals surface area contributed by atoms with Crippen LogP contribution in [0, 0.1) is 0 Å². The van der Waals surface area contributed by atoms with E-state index in [9.17, 15) is 32.4 Å². The molecule has 2 saturated heterocycles. The predicted molar refractivity (Wildman–Crippen MR) is 140 cm³/mol. The van der Waals surface area contributed by atoms with Gasteiger partial charge in [-0.3, -0.25) is 28.6 Å². The van der Waals surface area contributed by atoms with Gasteiger partial charge in [0.1, 0.15) is 12.1 Å². The summed E-state index contributed by atoms with van der Waals surface area (Å²) in [6, 6.07) is -0.248. The van der Waals surface area contributed by atoms with Crippen molar-refractivity contribution in [3.63, 3.8) is 0 Å². The zero-order valence-corrected chi connectivity index (χ0v) is 22.1. The van der Waals surface area contributed by atoms with Gasteiger partial charge in [-0.25, -0.2) is 9.10 Å². The van der Waals surface area contributed by atoms with E-state index in [1.807, 2.05) is 0 Å². The van der Waals surface area contributed by atoms with E-state index in [0.717, 1.165) is 54.8 Å². The van der Waals surface area contributed by atoms with Crippen molar-refractivity contribution in [1.82, 2.24) is 24.7 Å². The Morgan fingerprint density at radius 2 is 1.79 bits per heavy atom. The van der Waals surface area contributed by atoms with Gasteiger partial charge >= 0.3 is 57.7 Å². The number of piperazine rings is 1. The number of nitrogens with one attached hydrogen (secondary N) is 2. The third-order valence-electron chi connectivity index (χ3n) is 6.18. The number of hydrogen-bond donors (Lipinski definition) is 3. The standard InChI is InChI=1S/C22H31N5O8S2.Na.H/c1-2-3-4-5-6-7-10-25-11-12-26(21(31)20(25)30)22(32)24-17(16-9-8-13-36-16)18(28)23-15-14-27(19(15)29)37(33,34)35;;/h8-9,13,15,17H,2-7,10-12,14H2,1H3,(H,23,28)(H,24,32)(H,33,34,35);;. The van der Waals surface area contributed by atoms with Crippen molar-refractivity contribution < 1.29 is 36.9 Å². The first kappa shape index (κ1) is 32.2. The predicted octanol–water partition coefficient (Wildman–Crippen LogP) is 0.0114. The summed E-state index contributed by atoms with van der Waals surface area (Å²) in [4.78, 5) is 65.5. The van der Waals surface area contributed by atoms with Crippen LogP contribution in [-0.4, -0.2) is 119 Å². The Hall–Kier alpha value is -2.04. The van der Waals surface area contributed by atoms with Gasteiger partial charge in [0.05, 0.1) is 6.54 Å². The molecule has 0 aliphatic carbocycles. The van der Waals surface area contributed by atoms with Crippen molar-refractivity contribution in [3.8, 4) is 0 Å². The molecule has 2 atom stereocenters. The van der Waals surface area contributed by atoms with Gasteiger partial charge in [0, 0.05) is 24.5 Å². The monoisotopic (exact) mass is 581 g/mol. The van der Waals surface area contributed by atoms with Crippen LogP contribution in [0.2, 0.25) is 0 Å². The fourth-order valence-corrected chi connectivity index (χ4v) is 5.52. The summed E-state index contributed by atoms with van der Waals surface area (Å²) in [5.74, 6) is -3.60. The number of hydrogen-bond acceptors (Lipinski definition) is 8. The first-order valence-electron chi connectivity index (χ1n) is 12.1. The topological polar surface area (TPSA) is 173 Å². The number of unbranched alkanes of at least 4 members (excludes halogenated alkanes) is 5. The van der Waals surface area contributed by atoms with Crippen LogP contribution >= 0.6 is 11.3 Å². The van der Waals surface area contributed by atoms with Crippen LogP contribution in [0.4, 0.5) is 4.79 Å². The quantitative estimate of drug-likeness (QED) is 0.102. The Balaban J connectivity index is 0.00000507. The molecule has 2 aliphatic rings. The number of imide groups is 1. The van der Waals surface area contributed by atoms with Crippen molar-refractivity contribution in [2.45, 2.75) is 57.5 Å². The molecule has 1 aromatic heterocycles. The first-order chi connectivity index (χ1) is 17.5. The zero-order valence-electron chi connectivity index (χ0n) is 20.4. The molecule has 0 aromatic carbocycles. The number of urea groups is 1. The van der Waals surface area contributed by atoms with Gasteiger partial charge in [0.25, 0.3) is 5.91 Å². The Morgan fingerprint density at radius 1 is 1.11 bits per heavy atom. The normalized spacial score (nSPS) is 18.5. The number of nitrogens with zero attached hydrogens (tertiary/aromatic N) is 3. The first-order valence-corrected chi connectivity index (χ1v) is 14.4. The summed E-state index contributed by atoms with van der Waals surface area (Å²) in [6.45, 7) is 2.26. The van der Waals surface area contributed by atoms with Crippen molar-refractivity contribution in [3.05, 3.63) is 22.4 Å². The van der Waals surface area contributed by atoms with Crippen LogP contribution in [0.25, 0.3) is 0 Å². The zero-order chi connectivity index (χ0) is 27.2. The van der Waals surface area contributed by atoms with E-state index in [1.54, 1.807) is 17.5 Å². The van der Waals surface area contributed by atoms with Crippen molar-refractivity contribution in [1.29, 1.82) is 0 Å². The molecular formula is C22H32N5NaO8S2. The maximum atomic E-state index is 12.9. The minimum atomic E-state index is -4.72. The number of amides is 6. The molecule has 3 heterocycles. The van der Waals surface area contributed by atoms with E-state index in [0.29, 0.717) is 11.4 Å². The minimum absolute atomic E-state index is 0. The van der Waals surface area contributed by atoms with Gasteiger partial charge in [0.2, 0.25) is 5.91 Å². The van der Waals surface area contributed by atoms with Gasteiger partial charge in [-0.2, -0.15) is 8.42 Å². The molecule has 0 bridgehead atoms. The fourth-order valence-electron chi connectivity index (χ4n) is 4.05. The average Bonchev–Trinajstić information content (AvgIpc) is 3.38. The van der Waals surface area contributed by atoms with E-state index in [-0.39, 0.29) is 47.0 Å². The summed E-state index contributed by atoms with van der Waals surface area (Å²) in [5, 5.41) is 6.44. The number of carbonyl (C=O) groups excluding carboxylic acids is 5. The second-order valence-electron chi connectivity index (χ2n) is 8.82. The van der Waals surface area contributed by atoms with Crippen molar-refractivity contribution >= 4 is 80.9 Å². The summed E-state index contributed by atoms with van der Waals surface area (Å²) < 4.78 is 31.4. The van der Waals surface area contributed by atoms with Crippen LogP contribution < -0.4 is 10.6 Å². The third kappa shape index (κ3) is 7.99. The summed E-state index contributed by atoms with van der Waals surface area (Å²) in [5.41, 5.74) is 0. The van der Waals surface area contributed by atoms with Gasteiger partial charge < -0.3 is 15.5 Å². The number of β-lactam (4-membered cyclic amide) rings is 1. The second-order valence-corrected chi connectivity index (χ2v) is 11.1. The molecule has 3 N–H and O–H groups in total. The molecule has 3 rings (SSSR count). The van der Waals surface area contributed by atoms with Gasteiger partial charge in [-0.05, 0) is 17.9 Å².